The molecule has 2 rings (SSSR count). The summed E-state index contributed by atoms with van der Waals surface area (Å²) in [6.45, 7) is 4.08. The zero-order chi connectivity index (χ0) is 14.4. The Morgan fingerprint density at radius 1 is 1.30 bits per heavy atom. The largest absolute Gasteiger partial charge is 0.468 e. The maximum absolute atomic E-state index is 11.7. The predicted molar refractivity (Wildman–Crippen MR) is 83.7 cm³/mol. The highest BCUT2D eigenvalue weighted by atomic mass is 32.2. The molecule has 1 amide bonds. The van der Waals surface area contributed by atoms with Crippen LogP contribution in [0.15, 0.2) is 52.5 Å². The van der Waals surface area contributed by atoms with Gasteiger partial charge in [0.15, 0.2) is 0 Å². The summed E-state index contributed by atoms with van der Waals surface area (Å²) in [5.41, 5.74) is 3.20. The van der Waals surface area contributed by atoms with E-state index in [0.29, 0.717) is 0 Å². The molecule has 0 spiro atoms. The Morgan fingerprint density at radius 3 is 2.85 bits per heavy atom. The fraction of sp³-hybridized carbons (Fsp3) is 0.188. The maximum atomic E-state index is 11.7. The summed E-state index contributed by atoms with van der Waals surface area (Å²) in [4.78, 5) is 11.7. The molecule has 0 bridgehead atoms. The van der Waals surface area contributed by atoms with Gasteiger partial charge in [-0.15, -0.1) is 11.8 Å². The van der Waals surface area contributed by atoms with Crippen LogP contribution in [0.25, 0.3) is 0 Å². The minimum absolute atomic E-state index is 0.125. The van der Waals surface area contributed by atoms with Gasteiger partial charge in [-0.1, -0.05) is 6.07 Å². The monoisotopic (exact) mass is 287 g/mol. The SMILES string of the molecule is Cc1ccc(NC(=O)C=CSCc2ccco2)cc1C. The first-order chi connectivity index (χ1) is 9.65. The smallest absolute Gasteiger partial charge is 0.248 e. The summed E-state index contributed by atoms with van der Waals surface area (Å²) in [5, 5.41) is 4.62. The molecule has 1 aromatic carbocycles. The third-order valence-corrected chi connectivity index (χ3v) is 3.68. The van der Waals surface area contributed by atoms with E-state index in [4.69, 9.17) is 4.42 Å². The van der Waals surface area contributed by atoms with Gasteiger partial charge in [0.2, 0.25) is 5.91 Å². The molecular formula is C16H17NO2S. The lowest BCUT2D eigenvalue weighted by Crippen LogP contribution is -2.07. The summed E-state index contributed by atoms with van der Waals surface area (Å²) in [7, 11) is 0. The molecule has 4 heteroatoms. The van der Waals surface area contributed by atoms with Gasteiger partial charge in [-0.2, -0.15) is 0 Å². The van der Waals surface area contributed by atoms with Crippen LogP contribution in [-0.4, -0.2) is 5.91 Å². The Bertz CT molecular complexity index is 603. The quantitative estimate of drug-likeness (QED) is 0.834. The first-order valence-electron chi connectivity index (χ1n) is 6.34. The van der Waals surface area contributed by atoms with E-state index in [1.54, 1.807) is 11.7 Å². The molecule has 1 N–H and O–H groups in total. The Labute approximate surface area is 123 Å². The number of benzene rings is 1. The summed E-state index contributed by atoms with van der Waals surface area (Å²) < 4.78 is 5.21. The van der Waals surface area contributed by atoms with Crippen LogP contribution < -0.4 is 5.32 Å². The Kier molecular flexibility index (Phi) is 5.07. The number of hydrogen-bond acceptors (Lipinski definition) is 3. The van der Waals surface area contributed by atoms with Crippen molar-refractivity contribution < 1.29 is 9.21 Å². The Morgan fingerprint density at radius 2 is 2.15 bits per heavy atom. The van der Waals surface area contributed by atoms with Crippen LogP contribution >= 0.6 is 11.8 Å². The van der Waals surface area contributed by atoms with Crippen LogP contribution in [-0.2, 0) is 10.5 Å². The molecule has 0 aliphatic heterocycles. The number of thioether (sulfide) groups is 1. The number of aryl methyl sites for hydroxylation is 2. The van der Waals surface area contributed by atoms with E-state index in [1.807, 2.05) is 44.2 Å². The van der Waals surface area contributed by atoms with Gasteiger partial charge in [0, 0.05) is 11.8 Å². The molecule has 0 fully saturated rings. The van der Waals surface area contributed by atoms with Crippen LogP contribution in [0.4, 0.5) is 5.69 Å². The first kappa shape index (κ1) is 14.5. The maximum Gasteiger partial charge on any atom is 0.248 e. The zero-order valence-corrected chi connectivity index (χ0v) is 12.4. The van der Waals surface area contributed by atoms with Crippen molar-refractivity contribution in [3.63, 3.8) is 0 Å². The summed E-state index contributed by atoms with van der Waals surface area (Å²) in [6, 6.07) is 9.64. The molecular weight excluding hydrogens is 270 g/mol. The average molecular weight is 287 g/mol. The predicted octanol–water partition coefficient (Wildman–Crippen LogP) is 4.28. The van der Waals surface area contributed by atoms with E-state index in [1.165, 1.54) is 29.0 Å². The molecule has 1 heterocycles. The second-order valence-corrected chi connectivity index (χ2v) is 5.38. The number of hydrogen-bond donors (Lipinski definition) is 1. The van der Waals surface area contributed by atoms with Crippen molar-refractivity contribution in [2.24, 2.45) is 0 Å². The van der Waals surface area contributed by atoms with Gasteiger partial charge in [0.25, 0.3) is 0 Å². The molecule has 3 nitrogen and oxygen atoms in total. The Hall–Kier alpha value is -1.94. The van der Waals surface area contributed by atoms with Gasteiger partial charge in [0.1, 0.15) is 5.76 Å². The van der Waals surface area contributed by atoms with Gasteiger partial charge < -0.3 is 9.73 Å². The molecule has 20 heavy (non-hydrogen) atoms. The summed E-state index contributed by atoms with van der Waals surface area (Å²) >= 11 is 1.52. The summed E-state index contributed by atoms with van der Waals surface area (Å²) in [5.74, 6) is 1.50. The lowest BCUT2D eigenvalue weighted by molar-refractivity contribution is -0.111. The standard InChI is InChI=1S/C16H17NO2S/c1-12-5-6-14(10-13(12)2)17-16(18)7-9-20-11-15-4-3-8-19-15/h3-10H,11H2,1-2H3,(H,17,18). The van der Waals surface area contributed by atoms with Crippen molar-refractivity contribution in [1.82, 2.24) is 0 Å². The molecule has 104 valence electrons. The van der Waals surface area contributed by atoms with Gasteiger partial charge in [-0.05, 0) is 54.6 Å². The van der Waals surface area contributed by atoms with Crippen LogP contribution in [0.5, 0.6) is 0 Å². The molecule has 0 unspecified atom stereocenters. The van der Waals surface area contributed by atoms with Crippen molar-refractivity contribution in [1.29, 1.82) is 0 Å². The molecule has 0 atom stereocenters. The third-order valence-electron chi connectivity index (χ3n) is 2.90. The molecule has 0 saturated heterocycles. The minimum atomic E-state index is -0.125. The van der Waals surface area contributed by atoms with Gasteiger partial charge >= 0.3 is 0 Å². The zero-order valence-electron chi connectivity index (χ0n) is 11.6. The molecule has 0 aliphatic carbocycles. The highest BCUT2D eigenvalue weighted by Gasteiger charge is 2.00. The fourth-order valence-corrected chi connectivity index (χ4v) is 2.28. The number of furan rings is 1. The lowest BCUT2D eigenvalue weighted by atomic mass is 10.1. The van der Waals surface area contributed by atoms with Crippen molar-refractivity contribution in [3.8, 4) is 0 Å². The van der Waals surface area contributed by atoms with E-state index in [9.17, 15) is 4.79 Å². The van der Waals surface area contributed by atoms with Crippen molar-refractivity contribution in [2.45, 2.75) is 19.6 Å². The molecule has 2 aromatic rings. The average Bonchev–Trinajstić information content (AvgIpc) is 2.92. The lowest BCUT2D eigenvalue weighted by Gasteiger charge is -2.05. The molecule has 0 radical (unpaired) electrons. The van der Waals surface area contributed by atoms with E-state index >= 15 is 0 Å². The molecule has 0 saturated carbocycles. The van der Waals surface area contributed by atoms with E-state index in [2.05, 4.69) is 5.32 Å². The number of carbonyl (C=O) groups excluding carboxylic acids is 1. The highest BCUT2D eigenvalue weighted by Crippen LogP contribution is 2.15. The summed E-state index contributed by atoms with van der Waals surface area (Å²) in [6.07, 6.45) is 3.18. The van der Waals surface area contributed by atoms with Crippen LogP contribution in [0.2, 0.25) is 0 Å². The topological polar surface area (TPSA) is 42.2 Å². The second-order valence-electron chi connectivity index (χ2n) is 4.48. The van der Waals surface area contributed by atoms with Gasteiger partial charge in [-0.3, -0.25) is 4.79 Å². The Balaban J connectivity index is 1.81. The van der Waals surface area contributed by atoms with E-state index < -0.39 is 0 Å². The van der Waals surface area contributed by atoms with Gasteiger partial charge in [-0.25, -0.2) is 0 Å². The molecule has 0 aliphatic rings. The van der Waals surface area contributed by atoms with Crippen molar-refractivity contribution in [3.05, 3.63) is 65.0 Å². The number of rotatable bonds is 5. The molecule has 1 aromatic heterocycles. The number of nitrogens with one attached hydrogen (secondary N) is 1. The normalized spacial score (nSPS) is 10.9. The van der Waals surface area contributed by atoms with Gasteiger partial charge in [0.05, 0.1) is 12.0 Å². The van der Waals surface area contributed by atoms with E-state index in [-0.39, 0.29) is 5.91 Å². The second kappa shape index (κ2) is 7.01. The number of amides is 1. The third kappa shape index (κ3) is 4.31. The van der Waals surface area contributed by atoms with Crippen LogP contribution in [0, 0.1) is 13.8 Å². The van der Waals surface area contributed by atoms with Crippen molar-refractivity contribution >= 4 is 23.4 Å². The highest BCUT2D eigenvalue weighted by molar-refractivity contribution is 8.01. The fourth-order valence-electron chi connectivity index (χ4n) is 1.64. The van der Waals surface area contributed by atoms with Crippen LogP contribution in [0.3, 0.4) is 0 Å². The number of carbonyl (C=O) groups is 1. The number of anilines is 1. The minimum Gasteiger partial charge on any atom is -0.468 e. The first-order valence-corrected chi connectivity index (χ1v) is 7.39. The van der Waals surface area contributed by atoms with Crippen molar-refractivity contribution in [2.75, 3.05) is 5.32 Å². The van der Waals surface area contributed by atoms with E-state index in [0.717, 1.165) is 17.2 Å². The van der Waals surface area contributed by atoms with Crippen LogP contribution in [0.1, 0.15) is 16.9 Å².